The fourth-order valence-electron chi connectivity index (χ4n) is 2.00. The van der Waals surface area contributed by atoms with Crippen LogP contribution in [-0.4, -0.2) is 29.6 Å². The van der Waals surface area contributed by atoms with Gasteiger partial charge in [-0.3, -0.25) is 4.57 Å². The Morgan fingerprint density at radius 2 is 2.21 bits per heavy atom. The number of aromatic nitrogens is 1. The highest BCUT2D eigenvalue weighted by molar-refractivity contribution is 5.73. The molecule has 0 fully saturated rings. The zero-order chi connectivity index (χ0) is 13.8. The Bertz CT molecular complexity index is 663. The Kier molecular flexibility index (Phi) is 4.03. The standard InChI is InChI=1S/C14H17N3O2/c1-16(8-3-7-15)9-6-11-4-5-13-12(10-11)17(2)14(18)19-13/h4-5,10H,3,6,8-9H2,1-2H3. The van der Waals surface area contributed by atoms with Gasteiger partial charge in [-0.1, -0.05) is 6.07 Å². The van der Waals surface area contributed by atoms with Crippen LogP contribution in [0.3, 0.4) is 0 Å². The number of hydrogen-bond donors (Lipinski definition) is 0. The molecule has 1 aromatic carbocycles. The van der Waals surface area contributed by atoms with Gasteiger partial charge in [0.2, 0.25) is 0 Å². The predicted octanol–water partition coefficient (Wildman–Crippen LogP) is 1.52. The van der Waals surface area contributed by atoms with Crippen molar-refractivity contribution in [3.63, 3.8) is 0 Å². The van der Waals surface area contributed by atoms with E-state index in [1.54, 1.807) is 7.05 Å². The summed E-state index contributed by atoms with van der Waals surface area (Å²) in [6.45, 7) is 1.67. The zero-order valence-electron chi connectivity index (χ0n) is 11.2. The van der Waals surface area contributed by atoms with Crippen LogP contribution in [0.25, 0.3) is 11.1 Å². The van der Waals surface area contributed by atoms with E-state index >= 15 is 0 Å². The van der Waals surface area contributed by atoms with Gasteiger partial charge < -0.3 is 9.32 Å². The molecule has 1 aromatic heterocycles. The third-order valence-electron chi connectivity index (χ3n) is 3.24. The molecule has 0 aliphatic heterocycles. The van der Waals surface area contributed by atoms with E-state index in [1.807, 2.05) is 25.2 Å². The average Bonchev–Trinajstić information content (AvgIpc) is 2.69. The summed E-state index contributed by atoms with van der Waals surface area (Å²) in [4.78, 5) is 13.5. The fraction of sp³-hybridized carbons (Fsp3) is 0.429. The Morgan fingerprint density at radius 3 is 2.95 bits per heavy atom. The van der Waals surface area contributed by atoms with Gasteiger partial charge in [0.25, 0.3) is 0 Å². The van der Waals surface area contributed by atoms with Crippen LogP contribution in [-0.2, 0) is 13.5 Å². The summed E-state index contributed by atoms with van der Waals surface area (Å²) >= 11 is 0. The minimum absolute atomic E-state index is 0.335. The Hall–Kier alpha value is -2.06. The predicted molar refractivity (Wildman–Crippen MR) is 72.9 cm³/mol. The molecule has 0 unspecified atom stereocenters. The summed E-state index contributed by atoms with van der Waals surface area (Å²) in [5, 5.41) is 8.53. The molecule has 5 heteroatoms. The highest BCUT2D eigenvalue weighted by Gasteiger charge is 2.07. The molecule has 1 heterocycles. The monoisotopic (exact) mass is 259 g/mol. The summed E-state index contributed by atoms with van der Waals surface area (Å²) in [6.07, 6.45) is 1.43. The number of benzene rings is 1. The number of nitrogens with zero attached hydrogens (tertiary/aromatic N) is 3. The maximum absolute atomic E-state index is 11.4. The van der Waals surface area contributed by atoms with Gasteiger partial charge in [0.15, 0.2) is 5.58 Å². The van der Waals surface area contributed by atoms with Crippen molar-refractivity contribution in [1.29, 1.82) is 5.26 Å². The lowest BCUT2D eigenvalue weighted by atomic mass is 10.1. The summed E-state index contributed by atoms with van der Waals surface area (Å²) in [6, 6.07) is 7.93. The van der Waals surface area contributed by atoms with E-state index in [2.05, 4.69) is 11.0 Å². The molecular formula is C14H17N3O2. The van der Waals surface area contributed by atoms with Gasteiger partial charge in [-0.2, -0.15) is 5.26 Å². The van der Waals surface area contributed by atoms with Crippen molar-refractivity contribution in [2.24, 2.45) is 7.05 Å². The van der Waals surface area contributed by atoms with Crippen molar-refractivity contribution in [2.45, 2.75) is 12.8 Å². The quantitative estimate of drug-likeness (QED) is 0.816. The molecule has 0 saturated heterocycles. The van der Waals surface area contributed by atoms with E-state index in [1.165, 1.54) is 4.57 Å². The topological polar surface area (TPSA) is 62.2 Å². The van der Waals surface area contributed by atoms with Gasteiger partial charge in [-0.15, -0.1) is 0 Å². The molecule has 0 atom stereocenters. The summed E-state index contributed by atoms with van der Waals surface area (Å²) < 4.78 is 6.61. The molecular weight excluding hydrogens is 242 g/mol. The number of aryl methyl sites for hydroxylation is 1. The van der Waals surface area contributed by atoms with Gasteiger partial charge in [0, 0.05) is 26.6 Å². The molecule has 5 nitrogen and oxygen atoms in total. The van der Waals surface area contributed by atoms with Crippen LogP contribution >= 0.6 is 0 Å². The third-order valence-corrected chi connectivity index (χ3v) is 3.24. The van der Waals surface area contributed by atoms with Crippen molar-refractivity contribution < 1.29 is 4.42 Å². The fourth-order valence-corrected chi connectivity index (χ4v) is 2.00. The molecule has 0 saturated carbocycles. The van der Waals surface area contributed by atoms with Crippen LogP contribution in [0.2, 0.25) is 0 Å². The number of hydrogen-bond acceptors (Lipinski definition) is 4. The third kappa shape index (κ3) is 3.04. The van der Waals surface area contributed by atoms with Crippen LogP contribution in [0.5, 0.6) is 0 Å². The minimum Gasteiger partial charge on any atom is -0.408 e. The van der Waals surface area contributed by atoms with Crippen LogP contribution in [0, 0.1) is 11.3 Å². The molecule has 0 aliphatic rings. The van der Waals surface area contributed by atoms with E-state index in [9.17, 15) is 4.79 Å². The van der Waals surface area contributed by atoms with Crippen molar-refractivity contribution in [3.8, 4) is 6.07 Å². The van der Waals surface area contributed by atoms with E-state index in [4.69, 9.17) is 9.68 Å². The molecule has 19 heavy (non-hydrogen) atoms. The van der Waals surface area contributed by atoms with Gasteiger partial charge in [-0.05, 0) is 31.2 Å². The highest BCUT2D eigenvalue weighted by Crippen LogP contribution is 2.14. The molecule has 0 spiro atoms. The Balaban J connectivity index is 2.07. The molecule has 0 radical (unpaired) electrons. The highest BCUT2D eigenvalue weighted by atomic mass is 16.4. The first-order chi connectivity index (χ1) is 9.11. The minimum atomic E-state index is -0.335. The van der Waals surface area contributed by atoms with Crippen molar-refractivity contribution in [2.75, 3.05) is 20.1 Å². The average molecular weight is 259 g/mol. The van der Waals surface area contributed by atoms with Gasteiger partial charge in [0.05, 0.1) is 11.6 Å². The SMILES string of the molecule is CN(CCC#N)CCc1ccc2oc(=O)n(C)c2c1. The van der Waals surface area contributed by atoms with Crippen molar-refractivity contribution >= 4 is 11.1 Å². The van der Waals surface area contributed by atoms with Crippen molar-refractivity contribution in [3.05, 3.63) is 34.3 Å². The molecule has 2 rings (SSSR count). The van der Waals surface area contributed by atoms with E-state index < -0.39 is 0 Å². The lowest BCUT2D eigenvalue weighted by Gasteiger charge is -2.14. The lowest BCUT2D eigenvalue weighted by molar-refractivity contribution is 0.346. The number of rotatable bonds is 5. The maximum atomic E-state index is 11.4. The van der Waals surface area contributed by atoms with Gasteiger partial charge in [0.1, 0.15) is 0 Å². The van der Waals surface area contributed by atoms with Crippen LogP contribution in [0.1, 0.15) is 12.0 Å². The van der Waals surface area contributed by atoms with Crippen LogP contribution in [0.4, 0.5) is 0 Å². The van der Waals surface area contributed by atoms with Gasteiger partial charge in [-0.25, -0.2) is 4.79 Å². The van der Waals surface area contributed by atoms with E-state index in [-0.39, 0.29) is 5.76 Å². The molecule has 2 aromatic rings. The smallest absolute Gasteiger partial charge is 0.408 e. The zero-order valence-corrected chi connectivity index (χ0v) is 11.2. The van der Waals surface area contributed by atoms with E-state index in [0.717, 1.165) is 30.6 Å². The largest absolute Gasteiger partial charge is 0.419 e. The Labute approximate surface area is 111 Å². The van der Waals surface area contributed by atoms with Crippen LogP contribution in [0.15, 0.2) is 27.4 Å². The Morgan fingerprint density at radius 1 is 1.42 bits per heavy atom. The second-order valence-corrected chi connectivity index (χ2v) is 4.69. The number of fused-ring (bicyclic) bond motifs is 1. The first-order valence-electron chi connectivity index (χ1n) is 6.26. The molecule has 0 bridgehead atoms. The maximum Gasteiger partial charge on any atom is 0.419 e. The number of nitriles is 1. The molecule has 0 N–H and O–H groups in total. The first kappa shape index (κ1) is 13.4. The van der Waals surface area contributed by atoms with Crippen LogP contribution < -0.4 is 5.76 Å². The number of oxazole rings is 1. The molecule has 0 aliphatic carbocycles. The normalized spacial score (nSPS) is 11.1. The summed E-state index contributed by atoms with van der Waals surface area (Å²) in [5.41, 5.74) is 2.60. The summed E-state index contributed by atoms with van der Waals surface area (Å²) in [5.74, 6) is -0.335. The summed E-state index contributed by atoms with van der Waals surface area (Å²) in [7, 11) is 3.71. The second-order valence-electron chi connectivity index (χ2n) is 4.69. The lowest BCUT2D eigenvalue weighted by Crippen LogP contribution is -2.22. The molecule has 0 amide bonds. The van der Waals surface area contributed by atoms with Gasteiger partial charge >= 0.3 is 5.76 Å². The van der Waals surface area contributed by atoms with Crippen molar-refractivity contribution in [1.82, 2.24) is 9.47 Å². The second kappa shape index (κ2) is 5.72. The molecule has 100 valence electrons. The first-order valence-corrected chi connectivity index (χ1v) is 6.26. The van der Waals surface area contributed by atoms with E-state index in [0.29, 0.717) is 12.0 Å². The number of likely N-dealkylation sites (N-methyl/N-ethyl adjacent to an activating group) is 1.